The molecule has 80 valence electrons. The number of nitrogen functional groups attached to an aromatic ring is 1. The van der Waals surface area contributed by atoms with Crippen LogP contribution in [0.25, 0.3) is 10.9 Å². The summed E-state index contributed by atoms with van der Waals surface area (Å²) in [5.74, 6) is 0. The Labute approximate surface area is 89.4 Å². The predicted octanol–water partition coefficient (Wildman–Crippen LogP) is 2.26. The predicted molar refractivity (Wildman–Crippen MR) is 62.8 cm³/mol. The number of hydrogen-bond acceptors (Lipinski definition) is 2. The van der Waals surface area contributed by atoms with Crippen molar-refractivity contribution in [3.8, 4) is 0 Å². The van der Waals surface area contributed by atoms with Gasteiger partial charge in [0.05, 0.1) is 5.52 Å². The summed E-state index contributed by atoms with van der Waals surface area (Å²) in [5, 5.41) is 1.13. The lowest BCUT2D eigenvalue weighted by Gasteiger charge is -2.05. The van der Waals surface area contributed by atoms with Crippen LogP contribution < -0.4 is 5.73 Å². The first-order valence-electron chi connectivity index (χ1n) is 5.15. The third-order valence-corrected chi connectivity index (χ3v) is 2.59. The van der Waals surface area contributed by atoms with E-state index in [2.05, 4.69) is 22.9 Å². The Morgan fingerprint density at radius 1 is 1.33 bits per heavy atom. The number of nitrogens with two attached hydrogens (primary N) is 1. The van der Waals surface area contributed by atoms with Gasteiger partial charge < -0.3 is 15.0 Å². The molecular formula is C12H16N2O. The minimum absolute atomic E-state index is 0.794. The van der Waals surface area contributed by atoms with E-state index in [9.17, 15) is 0 Å². The van der Waals surface area contributed by atoms with E-state index in [-0.39, 0.29) is 0 Å². The molecule has 0 unspecified atom stereocenters. The summed E-state index contributed by atoms with van der Waals surface area (Å²) in [6.45, 7) is 1.77. The molecule has 15 heavy (non-hydrogen) atoms. The summed E-state index contributed by atoms with van der Waals surface area (Å²) in [7, 11) is 1.73. The molecular weight excluding hydrogens is 188 g/mol. The summed E-state index contributed by atoms with van der Waals surface area (Å²) >= 11 is 0. The van der Waals surface area contributed by atoms with Crippen molar-refractivity contribution in [3.63, 3.8) is 0 Å². The molecule has 1 aromatic heterocycles. The third kappa shape index (κ3) is 1.97. The highest BCUT2D eigenvalue weighted by Crippen LogP contribution is 2.21. The van der Waals surface area contributed by atoms with Gasteiger partial charge in [0.25, 0.3) is 0 Å². The smallest absolute Gasteiger partial charge is 0.0501 e. The number of anilines is 1. The first-order valence-corrected chi connectivity index (χ1v) is 5.15. The number of fused-ring (bicyclic) bond motifs is 1. The molecule has 0 spiro atoms. The van der Waals surface area contributed by atoms with Gasteiger partial charge in [-0.1, -0.05) is 6.07 Å². The highest BCUT2D eigenvalue weighted by molar-refractivity contribution is 5.91. The van der Waals surface area contributed by atoms with Crippen molar-refractivity contribution < 1.29 is 4.74 Å². The van der Waals surface area contributed by atoms with Crippen molar-refractivity contribution in [1.82, 2.24) is 4.57 Å². The molecule has 0 amide bonds. The van der Waals surface area contributed by atoms with Crippen molar-refractivity contribution in [2.45, 2.75) is 13.0 Å². The molecule has 0 fully saturated rings. The highest BCUT2D eigenvalue weighted by atomic mass is 16.5. The number of hydrogen-bond donors (Lipinski definition) is 1. The minimum atomic E-state index is 0.794. The number of nitrogens with zero attached hydrogens (tertiary/aromatic N) is 1. The first kappa shape index (κ1) is 10.1. The summed E-state index contributed by atoms with van der Waals surface area (Å²) in [4.78, 5) is 0. The lowest BCUT2D eigenvalue weighted by molar-refractivity contribution is 0.190. The standard InChI is InChI=1S/C12H16N2O/c1-15-9-3-7-14-8-6-10-11(13)4-2-5-12(10)14/h2,4-6,8H,3,7,9,13H2,1H3. The maximum atomic E-state index is 5.89. The molecule has 3 heteroatoms. The Kier molecular flexibility index (Phi) is 2.92. The zero-order chi connectivity index (χ0) is 10.7. The maximum absolute atomic E-state index is 5.89. The van der Waals surface area contributed by atoms with Crippen LogP contribution in [-0.2, 0) is 11.3 Å². The lowest BCUT2D eigenvalue weighted by Crippen LogP contribution is -1.99. The summed E-state index contributed by atoms with van der Waals surface area (Å²) < 4.78 is 7.25. The fourth-order valence-electron chi connectivity index (χ4n) is 1.82. The monoisotopic (exact) mass is 204 g/mol. The molecule has 0 saturated carbocycles. The Morgan fingerprint density at radius 2 is 2.20 bits per heavy atom. The highest BCUT2D eigenvalue weighted by Gasteiger charge is 2.02. The van der Waals surface area contributed by atoms with E-state index in [0.29, 0.717) is 0 Å². The van der Waals surface area contributed by atoms with Crippen LogP contribution in [0.1, 0.15) is 6.42 Å². The number of aromatic nitrogens is 1. The van der Waals surface area contributed by atoms with Crippen LogP contribution in [-0.4, -0.2) is 18.3 Å². The number of aryl methyl sites for hydroxylation is 1. The SMILES string of the molecule is COCCCn1ccc2c(N)cccc21. The molecule has 0 aliphatic rings. The van der Waals surface area contributed by atoms with E-state index in [0.717, 1.165) is 30.6 Å². The van der Waals surface area contributed by atoms with Gasteiger partial charge in [0.2, 0.25) is 0 Å². The van der Waals surface area contributed by atoms with E-state index in [1.807, 2.05) is 12.1 Å². The van der Waals surface area contributed by atoms with Crippen LogP contribution >= 0.6 is 0 Å². The van der Waals surface area contributed by atoms with Crippen LogP contribution in [0.15, 0.2) is 30.5 Å². The number of rotatable bonds is 4. The molecule has 0 atom stereocenters. The minimum Gasteiger partial charge on any atom is -0.398 e. The van der Waals surface area contributed by atoms with E-state index >= 15 is 0 Å². The zero-order valence-electron chi connectivity index (χ0n) is 8.94. The van der Waals surface area contributed by atoms with Crippen LogP contribution in [0.4, 0.5) is 5.69 Å². The van der Waals surface area contributed by atoms with Crippen molar-refractivity contribution in [3.05, 3.63) is 30.5 Å². The average molecular weight is 204 g/mol. The molecule has 0 bridgehead atoms. The van der Waals surface area contributed by atoms with Gasteiger partial charge in [0.1, 0.15) is 0 Å². The van der Waals surface area contributed by atoms with Gasteiger partial charge in [-0.15, -0.1) is 0 Å². The molecule has 3 nitrogen and oxygen atoms in total. The summed E-state index contributed by atoms with van der Waals surface area (Å²) in [6, 6.07) is 8.09. The van der Waals surface area contributed by atoms with Crippen LogP contribution in [0.5, 0.6) is 0 Å². The van der Waals surface area contributed by atoms with Crippen LogP contribution in [0.3, 0.4) is 0 Å². The fourth-order valence-corrected chi connectivity index (χ4v) is 1.82. The molecule has 0 aliphatic carbocycles. The Bertz CT molecular complexity index is 448. The van der Waals surface area contributed by atoms with Crippen LogP contribution in [0.2, 0.25) is 0 Å². The molecule has 2 rings (SSSR count). The van der Waals surface area contributed by atoms with E-state index in [4.69, 9.17) is 10.5 Å². The third-order valence-electron chi connectivity index (χ3n) is 2.59. The van der Waals surface area contributed by atoms with Crippen molar-refractivity contribution in [2.24, 2.45) is 0 Å². The number of ether oxygens (including phenoxy) is 1. The van der Waals surface area contributed by atoms with Gasteiger partial charge in [-0.2, -0.15) is 0 Å². The molecule has 1 heterocycles. The normalized spacial score (nSPS) is 11.0. The Morgan fingerprint density at radius 3 is 3.00 bits per heavy atom. The Hall–Kier alpha value is -1.48. The van der Waals surface area contributed by atoms with Crippen LogP contribution in [0, 0.1) is 0 Å². The lowest BCUT2D eigenvalue weighted by atomic mass is 10.2. The maximum Gasteiger partial charge on any atom is 0.0501 e. The van der Waals surface area contributed by atoms with Gasteiger partial charge >= 0.3 is 0 Å². The topological polar surface area (TPSA) is 40.2 Å². The van der Waals surface area contributed by atoms with Gasteiger partial charge in [-0.05, 0) is 24.6 Å². The first-order chi connectivity index (χ1) is 7.33. The average Bonchev–Trinajstić information content (AvgIpc) is 2.64. The second-order valence-electron chi connectivity index (χ2n) is 3.64. The zero-order valence-corrected chi connectivity index (χ0v) is 8.94. The van der Waals surface area contributed by atoms with E-state index in [1.165, 1.54) is 5.52 Å². The van der Waals surface area contributed by atoms with Crippen molar-refractivity contribution in [2.75, 3.05) is 19.5 Å². The second-order valence-corrected chi connectivity index (χ2v) is 3.64. The van der Waals surface area contributed by atoms with Crippen molar-refractivity contribution in [1.29, 1.82) is 0 Å². The van der Waals surface area contributed by atoms with Gasteiger partial charge in [0.15, 0.2) is 0 Å². The summed E-state index contributed by atoms with van der Waals surface area (Å²) in [5.41, 5.74) is 7.93. The Balaban J connectivity index is 2.25. The number of benzene rings is 1. The number of methoxy groups -OCH3 is 1. The van der Waals surface area contributed by atoms with Crippen molar-refractivity contribution >= 4 is 16.6 Å². The summed E-state index contributed by atoms with van der Waals surface area (Å²) in [6.07, 6.45) is 3.10. The second kappa shape index (κ2) is 4.36. The quantitative estimate of drug-likeness (QED) is 0.613. The largest absolute Gasteiger partial charge is 0.398 e. The molecule has 0 saturated heterocycles. The van der Waals surface area contributed by atoms with E-state index < -0.39 is 0 Å². The molecule has 1 aromatic carbocycles. The molecule has 2 aromatic rings. The van der Waals surface area contributed by atoms with Gasteiger partial charge in [-0.25, -0.2) is 0 Å². The molecule has 0 radical (unpaired) electrons. The van der Waals surface area contributed by atoms with Gasteiger partial charge in [-0.3, -0.25) is 0 Å². The molecule has 2 N–H and O–H groups in total. The van der Waals surface area contributed by atoms with Gasteiger partial charge in [0, 0.05) is 37.5 Å². The van der Waals surface area contributed by atoms with E-state index in [1.54, 1.807) is 7.11 Å². The fraction of sp³-hybridized carbons (Fsp3) is 0.333. The molecule has 0 aliphatic heterocycles.